The van der Waals surface area contributed by atoms with E-state index >= 15 is 0 Å². The Labute approximate surface area is 99.7 Å². The first-order valence-corrected chi connectivity index (χ1v) is 5.53. The first-order chi connectivity index (χ1) is 8.15. The van der Waals surface area contributed by atoms with Gasteiger partial charge in [0.1, 0.15) is 23.1 Å². The largest absolute Gasteiger partial charge is 0.460 e. The van der Waals surface area contributed by atoms with E-state index in [1.54, 1.807) is 19.2 Å². The minimum Gasteiger partial charge on any atom is -0.460 e. The van der Waals surface area contributed by atoms with Crippen LogP contribution in [0.5, 0.6) is 0 Å². The molecule has 0 N–H and O–H groups in total. The van der Waals surface area contributed by atoms with Gasteiger partial charge in [0.05, 0.1) is 0 Å². The zero-order valence-electron chi connectivity index (χ0n) is 9.93. The maximum atomic E-state index is 10.9. The van der Waals surface area contributed by atoms with Gasteiger partial charge in [-0.15, -0.1) is 0 Å². The molecular formula is C13H14N2O2. The van der Waals surface area contributed by atoms with E-state index in [0.717, 1.165) is 17.2 Å². The smallest absolute Gasteiger partial charge is 0.152 e. The van der Waals surface area contributed by atoms with Crippen molar-refractivity contribution in [2.75, 3.05) is 0 Å². The SMILES string of the molecule is CC(=O)CCc1nccc(-c2ccc(C)o2)n1. The highest BCUT2D eigenvalue weighted by Crippen LogP contribution is 2.19. The highest BCUT2D eigenvalue weighted by atomic mass is 16.3. The fourth-order valence-electron chi connectivity index (χ4n) is 1.52. The molecule has 88 valence electrons. The molecule has 2 aromatic rings. The molecule has 0 aliphatic heterocycles. The second-order valence-electron chi connectivity index (χ2n) is 3.97. The van der Waals surface area contributed by atoms with E-state index in [1.165, 1.54) is 0 Å². The monoisotopic (exact) mass is 230 g/mol. The van der Waals surface area contributed by atoms with E-state index in [2.05, 4.69) is 9.97 Å². The zero-order chi connectivity index (χ0) is 12.3. The highest BCUT2D eigenvalue weighted by molar-refractivity contribution is 5.75. The minimum absolute atomic E-state index is 0.146. The topological polar surface area (TPSA) is 56.0 Å². The third-order valence-corrected chi connectivity index (χ3v) is 2.40. The summed E-state index contributed by atoms with van der Waals surface area (Å²) in [7, 11) is 0. The molecule has 2 rings (SSSR count). The maximum Gasteiger partial charge on any atom is 0.152 e. The summed E-state index contributed by atoms with van der Waals surface area (Å²) in [4.78, 5) is 19.4. The van der Waals surface area contributed by atoms with Gasteiger partial charge in [-0.05, 0) is 32.0 Å². The Balaban J connectivity index is 2.19. The van der Waals surface area contributed by atoms with E-state index in [-0.39, 0.29) is 5.78 Å². The molecule has 0 bridgehead atoms. The molecular weight excluding hydrogens is 216 g/mol. The quantitative estimate of drug-likeness (QED) is 0.810. The first-order valence-electron chi connectivity index (χ1n) is 5.53. The lowest BCUT2D eigenvalue weighted by Gasteiger charge is -2.00. The van der Waals surface area contributed by atoms with Gasteiger partial charge >= 0.3 is 0 Å². The number of aryl methyl sites for hydroxylation is 2. The molecule has 0 unspecified atom stereocenters. The lowest BCUT2D eigenvalue weighted by atomic mass is 10.2. The molecule has 0 radical (unpaired) electrons. The Kier molecular flexibility index (Phi) is 3.32. The molecule has 0 saturated heterocycles. The van der Waals surface area contributed by atoms with Gasteiger partial charge in [0.2, 0.25) is 0 Å². The van der Waals surface area contributed by atoms with Crippen LogP contribution < -0.4 is 0 Å². The van der Waals surface area contributed by atoms with Crippen molar-refractivity contribution < 1.29 is 9.21 Å². The third kappa shape index (κ3) is 3.00. The van der Waals surface area contributed by atoms with Crippen molar-refractivity contribution in [3.63, 3.8) is 0 Å². The van der Waals surface area contributed by atoms with Gasteiger partial charge in [0.15, 0.2) is 5.76 Å². The lowest BCUT2D eigenvalue weighted by molar-refractivity contribution is -0.117. The zero-order valence-corrected chi connectivity index (χ0v) is 9.93. The molecule has 0 spiro atoms. The number of carbonyl (C=O) groups excluding carboxylic acids is 1. The molecule has 0 aromatic carbocycles. The van der Waals surface area contributed by atoms with Crippen molar-refractivity contribution >= 4 is 5.78 Å². The van der Waals surface area contributed by atoms with Crippen LogP contribution in [0.15, 0.2) is 28.8 Å². The number of furan rings is 1. The normalized spacial score (nSPS) is 10.5. The number of aromatic nitrogens is 2. The van der Waals surface area contributed by atoms with Crippen molar-refractivity contribution in [2.24, 2.45) is 0 Å². The Bertz CT molecular complexity index is 532. The van der Waals surface area contributed by atoms with E-state index < -0.39 is 0 Å². The first kappa shape index (κ1) is 11.5. The Morgan fingerprint density at radius 3 is 2.82 bits per heavy atom. The summed E-state index contributed by atoms with van der Waals surface area (Å²) >= 11 is 0. The molecule has 2 heterocycles. The average Bonchev–Trinajstić information content (AvgIpc) is 2.74. The van der Waals surface area contributed by atoms with Crippen molar-refractivity contribution in [2.45, 2.75) is 26.7 Å². The second-order valence-corrected chi connectivity index (χ2v) is 3.97. The van der Waals surface area contributed by atoms with Gasteiger partial charge in [-0.1, -0.05) is 0 Å². The summed E-state index contributed by atoms with van der Waals surface area (Å²) < 4.78 is 5.49. The van der Waals surface area contributed by atoms with Gasteiger partial charge < -0.3 is 9.21 Å². The molecule has 17 heavy (non-hydrogen) atoms. The van der Waals surface area contributed by atoms with Crippen LogP contribution in [-0.4, -0.2) is 15.8 Å². The van der Waals surface area contributed by atoms with Crippen molar-refractivity contribution in [1.82, 2.24) is 9.97 Å². The number of nitrogens with zero attached hydrogens (tertiary/aromatic N) is 2. The van der Waals surface area contributed by atoms with E-state index in [1.807, 2.05) is 19.1 Å². The van der Waals surface area contributed by atoms with Crippen molar-refractivity contribution in [3.8, 4) is 11.5 Å². The molecule has 4 nitrogen and oxygen atoms in total. The molecule has 4 heteroatoms. The molecule has 2 aromatic heterocycles. The van der Waals surface area contributed by atoms with Crippen molar-refractivity contribution in [1.29, 1.82) is 0 Å². The standard InChI is InChI=1S/C13H14N2O2/c1-9(16)3-6-13-14-8-7-11(15-13)12-5-4-10(2)17-12/h4-5,7-8H,3,6H2,1-2H3. The minimum atomic E-state index is 0.146. The van der Waals surface area contributed by atoms with Crippen LogP contribution in [0, 0.1) is 6.92 Å². The predicted molar refractivity (Wildman–Crippen MR) is 63.5 cm³/mol. The number of hydrogen-bond donors (Lipinski definition) is 0. The molecule has 0 fully saturated rings. The van der Waals surface area contributed by atoms with E-state index in [9.17, 15) is 4.79 Å². The molecule has 0 atom stereocenters. The summed E-state index contributed by atoms with van der Waals surface area (Å²) in [5.74, 6) is 2.40. The molecule has 0 aliphatic rings. The Hall–Kier alpha value is -1.97. The van der Waals surface area contributed by atoms with Crippen LogP contribution in [0.2, 0.25) is 0 Å². The van der Waals surface area contributed by atoms with Gasteiger partial charge in [-0.25, -0.2) is 9.97 Å². The number of carbonyl (C=O) groups is 1. The van der Waals surface area contributed by atoms with Crippen LogP contribution in [0.25, 0.3) is 11.5 Å². The van der Waals surface area contributed by atoms with E-state index in [0.29, 0.717) is 18.7 Å². The Morgan fingerprint density at radius 1 is 1.35 bits per heavy atom. The van der Waals surface area contributed by atoms with Gasteiger partial charge in [-0.2, -0.15) is 0 Å². The summed E-state index contributed by atoms with van der Waals surface area (Å²) in [6.45, 7) is 3.46. The van der Waals surface area contributed by atoms with Gasteiger partial charge in [0.25, 0.3) is 0 Å². The highest BCUT2D eigenvalue weighted by Gasteiger charge is 2.06. The maximum absolute atomic E-state index is 10.9. The molecule has 0 aliphatic carbocycles. The van der Waals surface area contributed by atoms with Gasteiger partial charge in [0, 0.05) is 19.0 Å². The predicted octanol–water partition coefficient (Wildman–Crippen LogP) is 2.57. The Morgan fingerprint density at radius 2 is 2.18 bits per heavy atom. The summed E-state index contributed by atoms with van der Waals surface area (Å²) in [5.41, 5.74) is 0.756. The van der Waals surface area contributed by atoms with E-state index in [4.69, 9.17) is 4.42 Å². The number of hydrogen-bond acceptors (Lipinski definition) is 4. The van der Waals surface area contributed by atoms with Crippen LogP contribution in [0.1, 0.15) is 24.9 Å². The average molecular weight is 230 g/mol. The molecule has 0 amide bonds. The lowest BCUT2D eigenvalue weighted by Crippen LogP contribution is -2.00. The second kappa shape index (κ2) is 4.91. The van der Waals surface area contributed by atoms with Crippen LogP contribution in [-0.2, 0) is 11.2 Å². The van der Waals surface area contributed by atoms with Crippen molar-refractivity contribution in [3.05, 3.63) is 36.0 Å². The molecule has 0 saturated carbocycles. The fourth-order valence-corrected chi connectivity index (χ4v) is 1.52. The van der Waals surface area contributed by atoms with Crippen LogP contribution in [0.4, 0.5) is 0 Å². The number of rotatable bonds is 4. The number of ketones is 1. The number of Topliss-reactive ketones (excluding diaryl/α,β-unsaturated/α-hetero) is 1. The van der Waals surface area contributed by atoms with Crippen LogP contribution >= 0.6 is 0 Å². The summed E-state index contributed by atoms with van der Waals surface area (Å²) in [5, 5.41) is 0. The van der Waals surface area contributed by atoms with Gasteiger partial charge in [-0.3, -0.25) is 0 Å². The fraction of sp³-hybridized carbons (Fsp3) is 0.308. The summed E-state index contributed by atoms with van der Waals surface area (Å²) in [6, 6.07) is 5.58. The summed E-state index contributed by atoms with van der Waals surface area (Å²) in [6.07, 6.45) is 2.74. The third-order valence-electron chi connectivity index (χ3n) is 2.40. The van der Waals surface area contributed by atoms with Crippen LogP contribution in [0.3, 0.4) is 0 Å².